The Morgan fingerprint density at radius 1 is 0.455 bits per heavy atom. The van der Waals surface area contributed by atoms with Crippen LogP contribution in [0.1, 0.15) is 0 Å². The second kappa shape index (κ2) is 8.13. The molecule has 4 aromatic carbocycles. The van der Waals surface area contributed by atoms with E-state index in [1.54, 1.807) is 0 Å². The first-order chi connectivity index (χ1) is 15.5. The summed E-state index contributed by atoms with van der Waals surface area (Å²) in [5, 5.41) is -2.01. The Labute approximate surface area is 179 Å². The molecule has 0 aliphatic heterocycles. The lowest BCUT2D eigenvalue weighted by atomic mass is 9.36. The van der Waals surface area contributed by atoms with Crippen LogP contribution in [0.3, 0.4) is 0 Å². The van der Waals surface area contributed by atoms with Crippen molar-refractivity contribution in [3.63, 3.8) is 0 Å². The smallest absolute Gasteiger partial charge is 0.207 e. The maximum absolute atomic E-state index is 14.7. The van der Waals surface area contributed by atoms with Gasteiger partial charge in [-0.1, -0.05) is 11.5 Å². The summed E-state index contributed by atoms with van der Waals surface area (Å²) >= 11 is 0. The van der Waals surface area contributed by atoms with E-state index in [0.717, 1.165) is 0 Å². The summed E-state index contributed by atoms with van der Waals surface area (Å²) in [6.45, 7) is -2.27. The fourth-order valence-electron chi connectivity index (χ4n) is 3.72. The second-order valence-electron chi connectivity index (χ2n) is 7.03. The van der Waals surface area contributed by atoms with E-state index < -0.39 is 92.0 Å². The Hall–Kier alpha value is -3.50. The maximum atomic E-state index is 14.7. The second-order valence-corrected chi connectivity index (χ2v) is 7.03. The molecular formula is C22H7BF10. The molecule has 0 heterocycles. The molecule has 0 aromatic heterocycles. The average molecular weight is 472 g/mol. The molecule has 0 saturated carbocycles. The van der Waals surface area contributed by atoms with Gasteiger partial charge in [0.2, 0.25) is 0 Å². The summed E-state index contributed by atoms with van der Waals surface area (Å²) in [6.07, 6.45) is 0. The normalized spacial score (nSPS) is 11.3. The SMILES string of the molecule is Fc1cc(F)c(F)c(B(c2c(F)ccc(F)c2F)c2ccc(F)c3c(F)c(F)c(F)cc23)c1. The minimum absolute atomic E-state index is 0.117. The first-order valence-corrected chi connectivity index (χ1v) is 9.06. The summed E-state index contributed by atoms with van der Waals surface area (Å²) < 4.78 is 142. The molecule has 0 fully saturated rings. The Morgan fingerprint density at radius 2 is 1.06 bits per heavy atom. The first-order valence-electron chi connectivity index (χ1n) is 9.06. The number of fused-ring (bicyclic) bond motifs is 1. The van der Waals surface area contributed by atoms with Crippen molar-refractivity contribution in [2.75, 3.05) is 0 Å². The highest BCUT2D eigenvalue weighted by molar-refractivity contribution is 6.97. The Morgan fingerprint density at radius 3 is 1.76 bits per heavy atom. The Kier molecular flexibility index (Phi) is 5.59. The third kappa shape index (κ3) is 3.61. The molecule has 0 radical (unpaired) electrons. The minimum atomic E-state index is -2.27. The van der Waals surface area contributed by atoms with E-state index in [1.807, 2.05) is 0 Å². The van der Waals surface area contributed by atoms with Gasteiger partial charge in [0.15, 0.2) is 40.7 Å². The van der Waals surface area contributed by atoms with Crippen LogP contribution < -0.4 is 16.4 Å². The molecule has 0 unspecified atom stereocenters. The van der Waals surface area contributed by atoms with Crippen LogP contribution in [0.25, 0.3) is 10.8 Å². The van der Waals surface area contributed by atoms with Crippen LogP contribution in [0, 0.1) is 58.2 Å². The topological polar surface area (TPSA) is 0 Å². The Balaban J connectivity index is 2.21. The van der Waals surface area contributed by atoms with Crippen LogP contribution >= 0.6 is 0 Å². The number of hydrogen-bond acceptors (Lipinski definition) is 0. The molecule has 11 heteroatoms. The zero-order chi connectivity index (χ0) is 24.2. The van der Waals surface area contributed by atoms with Gasteiger partial charge in [-0.3, -0.25) is 0 Å². The predicted octanol–water partition coefficient (Wildman–Crippen LogP) is 4.75. The predicted molar refractivity (Wildman–Crippen MR) is 101 cm³/mol. The molecule has 4 rings (SSSR count). The van der Waals surface area contributed by atoms with E-state index in [0.29, 0.717) is 30.3 Å². The summed E-state index contributed by atoms with van der Waals surface area (Å²) in [6, 6.07) is 2.72. The Bertz CT molecular complexity index is 1430. The third-order valence-corrected chi connectivity index (χ3v) is 5.13. The summed E-state index contributed by atoms with van der Waals surface area (Å²) in [5.74, 6) is -17.4. The molecular weight excluding hydrogens is 465 g/mol. The molecule has 0 aliphatic rings. The van der Waals surface area contributed by atoms with Crippen LogP contribution in [0.15, 0.2) is 42.5 Å². The lowest BCUT2D eigenvalue weighted by molar-refractivity contribution is 0.451. The maximum Gasteiger partial charge on any atom is 0.253 e. The van der Waals surface area contributed by atoms with Gasteiger partial charge >= 0.3 is 0 Å². The van der Waals surface area contributed by atoms with Gasteiger partial charge in [-0.15, -0.1) is 0 Å². The molecule has 0 N–H and O–H groups in total. The van der Waals surface area contributed by atoms with E-state index in [-0.39, 0.29) is 12.1 Å². The van der Waals surface area contributed by atoms with Crippen molar-refractivity contribution in [1.82, 2.24) is 0 Å². The van der Waals surface area contributed by atoms with E-state index >= 15 is 0 Å². The van der Waals surface area contributed by atoms with Crippen molar-refractivity contribution in [2.24, 2.45) is 0 Å². The summed E-state index contributed by atoms with van der Waals surface area (Å²) in [5.41, 5.74) is -3.05. The zero-order valence-electron chi connectivity index (χ0n) is 15.9. The standard InChI is InChI=1S/C22H7BF10/c24-8-5-11(19(30)15(28)6-8)23(18-13(26)3-4-14(27)20(18)31)10-1-2-12(25)17-9(10)7-16(29)21(32)22(17)33/h1-7H. The van der Waals surface area contributed by atoms with Crippen molar-refractivity contribution in [2.45, 2.75) is 0 Å². The van der Waals surface area contributed by atoms with Gasteiger partial charge in [-0.25, -0.2) is 43.9 Å². The number of hydrogen-bond donors (Lipinski definition) is 0. The van der Waals surface area contributed by atoms with Crippen molar-refractivity contribution in [3.8, 4) is 0 Å². The van der Waals surface area contributed by atoms with Gasteiger partial charge in [0, 0.05) is 11.5 Å². The van der Waals surface area contributed by atoms with Crippen molar-refractivity contribution < 1.29 is 43.9 Å². The van der Waals surface area contributed by atoms with Crippen molar-refractivity contribution >= 4 is 33.9 Å². The highest BCUT2D eigenvalue weighted by Crippen LogP contribution is 2.25. The van der Waals surface area contributed by atoms with Crippen LogP contribution in [0.4, 0.5) is 43.9 Å². The molecule has 0 nitrogen and oxygen atoms in total. The molecule has 0 saturated heterocycles. The van der Waals surface area contributed by atoms with Gasteiger partial charge < -0.3 is 0 Å². The average Bonchev–Trinajstić information content (AvgIpc) is 2.75. The fourth-order valence-corrected chi connectivity index (χ4v) is 3.72. The first kappa shape index (κ1) is 22.7. The van der Waals surface area contributed by atoms with Crippen LogP contribution in [0.5, 0.6) is 0 Å². The lowest BCUT2D eigenvalue weighted by Crippen LogP contribution is -2.56. The van der Waals surface area contributed by atoms with Crippen molar-refractivity contribution in [1.29, 1.82) is 0 Å². The summed E-state index contributed by atoms with van der Waals surface area (Å²) in [7, 11) is 0. The summed E-state index contributed by atoms with van der Waals surface area (Å²) in [4.78, 5) is 0. The van der Waals surface area contributed by atoms with Crippen LogP contribution in [-0.2, 0) is 0 Å². The van der Waals surface area contributed by atoms with Gasteiger partial charge in [-0.2, -0.15) is 0 Å². The monoisotopic (exact) mass is 472 g/mol. The quantitative estimate of drug-likeness (QED) is 0.175. The molecule has 0 bridgehead atoms. The molecule has 0 spiro atoms. The largest absolute Gasteiger partial charge is 0.253 e. The lowest BCUT2D eigenvalue weighted by Gasteiger charge is -2.20. The molecule has 0 atom stereocenters. The van der Waals surface area contributed by atoms with E-state index in [1.165, 1.54) is 0 Å². The van der Waals surface area contributed by atoms with E-state index in [9.17, 15) is 43.9 Å². The highest BCUT2D eigenvalue weighted by Gasteiger charge is 2.35. The molecule has 0 aliphatic carbocycles. The molecule has 168 valence electrons. The van der Waals surface area contributed by atoms with Gasteiger partial charge in [0.05, 0.1) is 5.39 Å². The molecule has 4 aromatic rings. The minimum Gasteiger partial charge on any atom is -0.207 e. The fraction of sp³-hybridized carbons (Fsp3) is 0. The van der Waals surface area contributed by atoms with Gasteiger partial charge in [0.1, 0.15) is 17.5 Å². The van der Waals surface area contributed by atoms with Gasteiger partial charge in [-0.05, 0) is 41.2 Å². The zero-order valence-corrected chi connectivity index (χ0v) is 15.9. The van der Waals surface area contributed by atoms with E-state index in [4.69, 9.17) is 0 Å². The van der Waals surface area contributed by atoms with Crippen LogP contribution in [0.2, 0.25) is 0 Å². The van der Waals surface area contributed by atoms with Crippen LogP contribution in [-0.4, -0.2) is 6.71 Å². The molecule has 0 amide bonds. The highest BCUT2D eigenvalue weighted by atomic mass is 19.2. The number of benzene rings is 4. The third-order valence-electron chi connectivity index (χ3n) is 5.13. The number of halogens is 10. The number of rotatable bonds is 3. The van der Waals surface area contributed by atoms with Crippen molar-refractivity contribution in [3.05, 3.63) is 101 Å². The molecule has 33 heavy (non-hydrogen) atoms. The van der Waals surface area contributed by atoms with Gasteiger partial charge in [0.25, 0.3) is 6.71 Å². The van der Waals surface area contributed by atoms with E-state index in [2.05, 4.69) is 0 Å².